The molecule has 130 valence electrons. The Balaban J connectivity index is 1.71. The molecule has 0 unspecified atom stereocenters. The van der Waals surface area contributed by atoms with E-state index in [2.05, 4.69) is 20.5 Å². The highest BCUT2D eigenvalue weighted by Crippen LogP contribution is 2.30. The van der Waals surface area contributed by atoms with E-state index in [1.807, 2.05) is 68.4 Å². The molecule has 4 rings (SSSR count). The van der Waals surface area contributed by atoms with E-state index in [0.29, 0.717) is 29.8 Å². The molecular formula is C19H17N5O2. The van der Waals surface area contributed by atoms with Gasteiger partial charge in [0.25, 0.3) is 5.89 Å². The molecule has 0 amide bonds. The molecule has 2 aromatic heterocycles. The summed E-state index contributed by atoms with van der Waals surface area (Å²) < 4.78 is 12.8. The highest BCUT2D eigenvalue weighted by molar-refractivity contribution is 5.64. The largest absolute Gasteiger partial charge is 0.493 e. The van der Waals surface area contributed by atoms with Crippen LogP contribution < -0.4 is 4.74 Å². The van der Waals surface area contributed by atoms with Gasteiger partial charge in [-0.1, -0.05) is 40.7 Å². The lowest BCUT2D eigenvalue weighted by Gasteiger charge is -2.05. The fraction of sp³-hybridized carbons (Fsp3) is 0.158. The smallest absolute Gasteiger partial charge is 0.262 e. The number of rotatable bonds is 5. The lowest BCUT2D eigenvalue weighted by molar-refractivity contribution is 0.339. The Morgan fingerprint density at radius 1 is 1.04 bits per heavy atom. The van der Waals surface area contributed by atoms with Crippen molar-refractivity contribution in [1.29, 1.82) is 0 Å². The predicted molar refractivity (Wildman–Crippen MR) is 96.0 cm³/mol. The maximum Gasteiger partial charge on any atom is 0.262 e. The van der Waals surface area contributed by atoms with Crippen molar-refractivity contribution in [2.45, 2.75) is 13.8 Å². The van der Waals surface area contributed by atoms with Crippen LogP contribution in [0.2, 0.25) is 0 Å². The van der Waals surface area contributed by atoms with Crippen LogP contribution in [0.3, 0.4) is 0 Å². The summed E-state index contributed by atoms with van der Waals surface area (Å²) in [5, 5.41) is 12.5. The molecule has 7 nitrogen and oxygen atoms in total. The van der Waals surface area contributed by atoms with Crippen LogP contribution in [0.15, 0.2) is 59.1 Å². The summed E-state index contributed by atoms with van der Waals surface area (Å²) in [6, 6.07) is 17.4. The minimum absolute atomic E-state index is 0.387. The topological polar surface area (TPSA) is 78.9 Å². The Kier molecular flexibility index (Phi) is 4.18. The summed E-state index contributed by atoms with van der Waals surface area (Å²) in [6.07, 6.45) is 0. The second-order valence-electron chi connectivity index (χ2n) is 5.62. The number of aromatic nitrogens is 5. The first-order valence-corrected chi connectivity index (χ1v) is 8.32. The third kappa shape index (κ3) is 2.83. The fourth-order valence-corrected chi connectivity index (χ4v) is 2.70. The van der Waals surface area contributed by atoms with E-state index in [1.165, 1.54) is 0 Å². The first kappa shape index (κ1) is 16.0. The van der Waals surface area contributed by atoms with Crippen LogP contribution >= 0.6 is 0 Å². The van der Waals surface area contributed by atoms with Gasteiger partial charge in [0.15, 0.2) is 5.69 Å². The van der Waals surface area contributed by atoms with Gasteiger partial charge in [0.1, 0.15) is 5.75 Å². The molecule has 0 spiro atoms. The number of para-hydroxylation sites is 2. The molecule has 2 heterocycles. The SMILES string of the molecule is CCOc1ccccc1-c1nc(-c2nnn(-c3ccccc3)c2C)no1. The van der Waals surface area contributed by atoms with E-state index < -0.39 is 0 Å². The number of nitrogens with zero attached hydrogens (tertiary/aromatic N) is 5. The number of benzene rings is 2. The van der Waals surface area contributed by atoms with Gasteiger partial charge in [-0.3, -0.25) is 0 Å². The highest BCUT2D eigenvalue weighted by Gasteiger charge is 2.19. The Hall–Kier alpha value is -3.48. The van der Waals surface area contributed by atoms with Gasteiger partial charge in [0.2, 0.25) is 5.82 Å². The minimum Gasteiger partial charge on any atom is -0.493 e. The van der Waals surface area contributed by atoms with Crippen molar-refractivity contribution in [1.82, 2.24) is 25.1 Å². The molecule has 0 N–H and O–H groups in total. The Morgan fingerprint density at radius 3 is 2.62 bits per heavy atom. The number of hydrogen-bond acceptors (Lipinski definition) is 6. The van der Waals surface area contributed by atoms with Crippen molar-refractivity contribution < 1.29 is 9.26 Å². The molecule has 0 radical (unpaired) electrons. The summed E-state index contributed by atoms with van der Waals surface area (Å²) in [5.41, 5.74) is 3.09. The van der Waals surface area contributed by atoms with Crippen LogP contribution in [0, 0.1) is 6.92 Å². The van der Waals surface area contributed by atoms with Gasteiger partial charge in [-0.2, -0.15) is 4.98 Å². The van der Waals surface area contributed by atoms with Crippen LogP contribution in [-0.4, -0.2) is 31.7 Å². The molecule has 0 saturated carbocycles. The number of hydrogen-bond donors (Lipinski definition) is 0. The maximum absolute atomic E-state index is 5.63. The lowest BCUT2D eigenvalue weighted by atomic mass is 10.2. The molecule has 0 aliphatic rings. The maximum atomic E-state index is 5.63. The van der Waals surface area contributed by atoms with Gasteiger partial charge >= 0.3 is 0 Å². The standard InChI is InChI=1S/C19H17N5O2/c1-3-25-16-12-8-7-11-15(16)19-20-18(22-26-19)17-13(2)24(23-21-17)14-9-5-4-6-10-14/h4-12H,3H2,1-2H3. The molecule has 26 heavy (non-hydrogen) atoms. The zero-order valence-corrected chi connectivity index (χ0v) is 14.5. The van der Waals surface area contributed by atoms with Gasteiger partial charge in [0, 0.05) is 0 Å². The van der Waals surface area contributed by atoms with Crippen molar-refractivity contribution in [2.75, 3.05) is 6.61 Å². The van der Waals surface area contributed by atoms with Gasteiger partial charge < -0.3 is 9.26 Å². The normalized spacial score (nSPS) is 10.8. The summed E-state index contributed by atoms with van der Waals surface area (Å²) in [5.74, 6) is 1.48. The molecule has 0 aliphatic heterocycles. The van der Waals surface area contributed by atoms with Crippen LogP contribution in [-0.2, 0) is 0 Å². The quantitative estimate of drug-likeness (QED) is 0.548. The third-order valence-electron chi connectivity index (χ3n) is 3.95. The van der Waals surface area contributed by atoms with Crippen molar-refractivity contribution in [3.8, 4) is 34.4 Å². The second kappa shape index (κ2) is 6.79. The average molecular weight is 347 g/mol. The van der Waals surface area contributed by atoms with Crippen LogP contribution in [0.1, 0.15) is 12.6 Å². The molecular weight excluding hydrogens is 330 g/mol. The monoisotopic (exact) mass is 347 g/mol. The summed E-state index contributed by atoms with van der Waals surface area (Å²) in [7, 11) is 0. The molecule has 0 fully saturated rings. The Labute approximate surface area is 150 Å². The zero-order chi connectivity index (χ0) is 17.9. The van der Waals surface area contributed by atoms with Crippen LogP contribution in [0.5, 0.6) is 5.75 Å². The van der Waals surface area contributed by atoms with Crippen molar-refractivity contribution in [3.05, 3.63) is 60.3 Å². The van der Waals surface area contributed by atoms with Crippen molar-refractivity contribution in [3.63, 3.8) is 0 Å². The first-order chi connectivity index (χ1) is 12.8. The second-order valence-corrected chi connectivity index (χ2v) is 5.62. The summed E-state index contributed by atoms with van der Waals surface area (Å²) >= 11 is 0. The summed E-state index contributed by atoms with van der Waals surface area (Å²) in [6.45, 7) is 4.41. The van der Waals surface area contributed by atoms with E-state index in [9.17, 15) is 0 Å². The lowest BCUT2D eigenvalue weighted by Crippen LogP contribution is -1.98. The van der Waals surface area contributed by atoms with Crippen molar-refractivity contribution >= 4 is 0 Å². The summed E-state index contributed by atoms with van der Waals surface area (Å²) in [4.78, 5) is 4.49. The van der Waals surface area contributed by atoms with Crippen LogP contribution in [0.25, 0.3) is 28.7 Å². The minimum atomic E-state index is 0.387. The van der Waals surface area contributed by atoms with Crippen molar-refractivity contribution in [2.24, 2.45) is 0 Å². The third-order valence-corrected chi connectivity index (χ3v) is 3.95. The molecule has 2 aromatic carbocycles. The highest BCUT2D eigenvalue weighted by atomic mass is 16.5. The molecule has 0 bridgehead atoms. The van der Waals surface area contributed by atoms with E-state index in [0.717, 1.165) is 16.9 Å². The molecule has 0 aliphatic carbocycles. The number of ether oxygens (including phenoxy) is 1. The van der Waals surface area contributed by atoms with E-state index in [4.69, 9.17) is 9.26 Å². The average Bonchev–Trinajstić information content (AvgIpc) is 3.30. The van der Waals surface area contributed by atoms with E-state index in [1.54, 1.807) is 4.68 Å². The Bertz CT molecular complexity index is 1020. The van der Waals surface area contributed by atoms with Gasteiger partial charge in [-0.05, 0) is 38.1 Å². The van der Waals surface area contributed by atoms with E-state index >= 15 is 0 Å². The predicted octanol–water partition coefficient (Wildman–Crippen LogP) is 3.69. The van der Waals surface area contributed by atoms with E-state index in [-0.39, 0.29) is 0 Å². The molecule has 0 saturated heterocycles. The zero-order valence-electron chi connectivity index (χ0n) is 14.5. The van der Waals surface area contributed by atoms with Gasteiger partial charge in [-0.25, -0.2) is 4.68 Å². The van der Waals surface area contributed by atoms with Gasteiger partial charge in [0.05, 0.1) is 23.6 Å². The molecule has 4 aromatic rings. The fourth-order valence-electron chi connectivity index (χ4n) is 2.70. The molecule has 7 heteroatoms. The molecule has 0 atom stereocenters. The van der Waals surface area contributed by atoms with Crippen LogP contribution in [0.4, 0.5) is 0 Å². The van der Waals surface area contributed by atoms with Gasteiger partial charge in [-0.15, -0.1) is 5.10 Å². The Morgan fingerprint density at radius 2 is 1.81 bits per heavy atom. The first-order valence-electron chi connectivity index (χ1n) is 8.32.